The van der Waals surface area contributed by atoms with Crippen LogP contribution in [0.2, 0.25) is 0 Å². The molecule has 22 nitrogen and oxygen atoms in total. The number of phenols is 1. The first-order valence-electron chi connectivity index (χ1n) is 14.8. The molecular weight excluding hydrogens is 851 g/mol. The first kappa shape index (κ1) is 43.6. The van der Waals surface area contributed by atoms with Crippen LogP contribution in [0.15, 0.2) is 102 Å². The smallest absolute Gasteiger partial charge is 0.397 e. The average Bonchev–Trinajstić information content (AvgIpc) is 3.10. The molecule has 27 heteroatoms. The van der Waals surface area contributed by atoms with Gasteiger partial charge in [0.2, 0.25) is 9.84 Å². The van der Waals surface area contributed by atoms with Crippen molar-refractivity contribution < 1.29 is 74.5 Å². The fourth-order valence-electron chi connectivity index (χ4n) is 4.77. The lowest BCUT2D eigenvalue weighted by molar-refractivity contribution is 0.283. The van der Waals surface area contributed by atoms with Gasteiger partial charge >= 0.3 is 10.4 Å². The largest absolute Gasteiger partial charge is 0.506 e. The summed E-state index contributed by atoms with van der Waals surface area (Å²) in [5, 5.41) is 29.2. The number of methoxy groups -OCH3 is 2. The van der Waals surface area contributed by atoms with Crippen molar-refractivity contribution in [3.05, 3.63) is 66.6 Å². The number of nitrogens with one attached hydrogen (secondary N) is 1. The predicted octanol–water partition coefficient (Wildman–Crippen LogP) is 4.41. The third-order valence-corrected chi connectivity index (χ3v) is 12.1. The third-order valence-electron chi connectivity index (χ3n) is 7.20. The molecule has 0 radical (unpaired) electrons. The molecule has 0 atom stereocenters. The summed E-state index contributed by atoms with van der Waals surface area (Å²) in [6.45, 7) is 2.27. The van der Waals surface area contributed by atoms with Crippen molar-refractivity contribution in [1.82, 2.24) is 0 Å². The summed E-state index contributed by atoms with van der Waals surface area (Å²) in [6.07, 6.45) is 0. The highest BCUT2D eigenvalue weighted by Crippen LogP contribution is 2.48. The van der Waals surface area contributed by atoms with Crippen LogP contribution >= 0.6 is 0 Å². The van der Waals surface area contributed by atoms with Crippen molar-refractivity contribution in [3.63, 3.8) is 0 Å². The van der Waals surface area contributed by atoms with E-state index in [9.17, 15) is 56.3 Å². The number of fused-ring (bicyclic) bond motifs is 1. The Labute approximate surface area is 319 Å². The van der Waals surface area contributed by atoms with Gasteiger partial charge < -0.3 is 19.9 Å². The highest BCUT2D eigenvalue weighted by Gasteiger charge is 2.27. The minimum atomic E-state index is -5.28. The summed E-state index contributed by atoms with van der Waals surface area (Å²) in [5.41, 5.74) is -1.99. The van der Waals surface area contributed by atoms with Crippen molar-refractivity contribution in [3.8, 4) is 17.2 Å². The van der Waals surface area contributed by atoms with E-state index in [1.54, 1.807) is 0 Å². The lowest BCUT2D eigenvalue weighted by Gasteiger charge is -2.16. The second-order valence-electron chi connectivity index (χ2n) is 10.8. The van der Waals surface area contributed by atoms with Crippen LogP contribution in [0.1, 0.15) is 0 Å². The van der Waals surface area contributed by atoms with Crippen LogP contribution in [0.25, 0.3) is 10.8 Å². The first-order valence-corrected chi connectivity index (χ1v) is 22.4. The minimum Gasteiger partial charge on any atom is -0.506 e. The molecule has 4 rings (SSSR count). The average molecular weight is 880 g/mol. The molecule has 0 aliphatic carbocycles. The molecule has 0 amide bonds. The van der Waals surface area contributed by atoms with Gasteiger partial charge in [-0.2, -0.15) is 25.3 Å². The van der Waals surface area contributed by atoms with E-state index in [0.29, 0.717) is 11.5 Å². The molecule has 5 N–H and O–H groups in total. The van der Waals surface area contributed by atoms with Gasteiger partial charge in [0.15, 0.2) is 15.6 Å². The molecule has 0 fully saturated rings. The van der Waals surface area contributed by atoms with Crippen molar-refractivity contribution in [1.29, 1.82) is 0 Å². The van der Waals surface area contributed by atoms with E-state index in [-0.39, 0.29) is 32.7 Å². The number of hydrogen-bond acceptors (Lipinski definition) is 19. The maximum Gasteiger partial charge on any atom is 0.397 e. The SMILES string of the molecule is C=CS(=O)(=O)c1ccccc1/N=N/c1c(NCS(=O)(=O)O)ccc2c(OC)c(/N=N/c3cc(OC)c(S(=O)(=O)CCOS(=O)(=O)O)cc3O)c(S(=O)(=O)O)cc12. The molecule has 56 heavy (non-hydrogen) atoms. The Bertz CT molecular complexity index is 2850. The van der Waals surface area contributed by atoms with Gasteiger partial charge in [-0.05, 0) is 30.3 Å². The van der Waals surface area contributed by atoms with Crippen LogP contribution in [-0.4, -0.2) is 93.3 Å². The summed E-state index contributed by atoms with van der Waals surface area (Å²) < 4.78 is 164. The monoisotopic (exact) mass is 879 g/mol. The van der Waals surface area contributed by atoms with Crippen molar-refractivity contribution >= 4 is 89.5 Å². The number of sulfone groups is 2. The van der Waals surface area contributed by atoms with E-state index >= 15 is 0 Å². The molecule has 0 bridgehead atoms. The Kier molecular flexibility index (Phi) is 12.9. The molecule has 0 unspecified atom stereocenters. The summed E-state index contributed by atoms with van der Waals surface area (Å²) in [5.74, 6) is -3.82. The molecule has 4 aromatic carbocycles. The van der Waals surface area contributed by atoms with Crippen molar-refractivity contribution in [2.45, 2.75) is 14.7 Å². The molecule has 0 aliphatic rings. The molecule has 0 spiro atoms. The zero-order chi connectivity index (χ0) is 41.9. The quantitative estimate of drug-likeness (QED) is 0.0724. The van der Waals surface area contributed by atoms with Crippen molar-refractivity contribution in [2.24, 2.45) is 20.5 Å². The van der Waals surface area contributed by atoms with Gasteiger partial charge in [-0.3, -0.25) is 13.7 Å². The molecule has 4 aromatic rings. The number of phenolic OH excluding ortho intramolecular Hbond substituents is 1. The van der Waals surface area contributed by atoms with Gasteiger partial charge in [0, 0.05) is 28.3 Å². The van der Waals surface area contributed by atoms with Gasteiger partial charge in [0.05, 0.1) is 37.2 Å². The van der Waals surface area contributed by atoms with E-state index in [1.165, 1.54) is 36.4 Å². The Hall–Kier alpha value is -5.13. The standard InChI is InChI=1S/C29H29N5O17S5/c1-4-52(36,37)24-8-6-5-7-19(24)31-33-27-18-13-26(55(43,44)45)28(29(50-3)17(18)9-10-20(27)30-16-54(40,41)42)34-32-21-14-23(49-2)25(15-22(21)35)53(38,39)12-11-51-56(46,47)48/h4-10,13-15,30,35H,1,11-12,16H2,2-3H3,(H,40,41,42)(H,43,44,45)(H,46,47,48)/b33-31+,34-32+. The van der Waals surface area contributed by atoms with E-state index in [2.05, 4.69) is 36.5 Å². The number of aromatic hydroxyl groups is 1. The summed E-state index contributed by atoms with van der Waals surface area (Å²) in [6, 6.07) is 10.1. The van der Waals surface area contributed by atoms with Gasteiger partial charge in [-0.15, -0.1) is 20.5 Å². The number of benzene rings is 4. The highest BCUT2D eigenvalue weighted by atomic mass is 32.3. The van der Waals surface area contributed by atoms with Gasteiger partial charge in [-0.1, -0.05) is 18.7 Å². The second-order valence-corrected chi connectivity index (χ2v) is 18.7. The zero-order valence-corrected chi connectivity index (χ0v) is 32.6. The molecule has 0 saturated heterocycles. The minimum absolute atomic E-state index is 0.0393. The normalized spacial score (nSPS) is 13.0. The van der Waals surface area contributed by atoms with Gasteiger partial charge in [0.1, 0.15) is 49.9 Å². The summed E-state index contributed by atoms with van der Waals surface area (Å²) in [4.78, 5) is -2.00. The number of nitrogens with zero attached hydrogens (tertiary/aromatic N) is 4. The lowest BCUT2D eigenvalue weighted by Crippen LogP contribution is -2.16. The Morgan fingerprint density at radius 2 is 1.38 bits per heavy atom. The van der Waals surface area contributed by atoms with Crippen LogP contribution < -0.4 is 14.8 Å². The van der Waals surface area contributed by atoms with E-state index < -0.39 is 107 Å². The van der Waals surface area contributed by atoms with Crippen LogP contribution in [0.5, 0.6) is 17.2 Å². The van der Waals surface area contributed by atoms with Crippen LogP contribution in [0.4, 0.5) is 28.4 Å². The third kappa shape index (κ3) is 10.4. The molecular formula is C29H29N5O17S5. The Morgan fingerprint density at radius 3 is 1.96 bits per heavy atom. The topological polar surface area (TPSA) is 341 Å². The van der Waals surface area contributed by atoms with E-state index in [0.717, 1.165) is 26.4 Å². The zero-order valence-electron chi connectivity index (χ0n) is 28.5. The number of rotatable bonds is 17. The Balaban J connectivity index is 1.96. The van der Waals surface area contributed by atoms with Crippen LogP contribution in [0, 0.1) is 0 Å². The number of hydrogen-bond donors (Lipinski definition) is 5. The van der Waals surface area contributed by atoms with Crippen LogP contribution in [0.3, 0.4) is 0 Å². The van der Waals surface area contributed by atoms with E-state index in [1.807, 2.05) is 0 Å². The Morgan fingerprint density at radius 1 is 0.732 bits per heavy atom. The maximum absolute atomic E-state index is 12.8. The van der Waals surface area contributed by atoms with Crippen LogP contribution in [-0.2, 0) is 54.5 Å². The molecule has 0 saturated carbocycles. The number of azo groups is 2. The molecule has 0 heterocycles. The number of anilines is 1. The van der Waals surface area contributed by atoms with Gasteiger partial charge in [-0.25, -0.2) is 21.0 Å². The fraction of sp³-hybridized carbons (Fsp3) is 0.172. The molecule has 302 valence electrons. The summed E-state index contributed by atoms with van der Waals surface area (Å²) in [7, 11) is -21.3. The second kappa shape index (κ2) is 16.5. The van der Waals surface area contributed by atoms with E-state index in [4.69, 9.17) is 14.0 Å². The highest BCUT2D eigenvalue weighted by molar-refractivity contribution is 7.94. The fourth-order valence-corrected chi connectivity index (χ4v) is 8.26. The summed E-state index contributed by atoms with van der Waals surface area (Å²) >= 11 is 0. The predicted molar refractivity (Wildman–Crippen MR) is 197 cm³/mol. The van der Waals surface area contributed by atoms with Gasteiger partial charge in [0.25, 0.3) is 20.2 Å². The first-order chi connectivity index (χ1) is 25.9. The van der Waals surface area contributed by atoms with Crippen molar-refractivity contribution in [2.75, 3.05) is 37.8 Å². The number of ether oxygens (including phenoxy) is 2. The lowest BCUT2D eigenvalue weighted by atomic mass is 10.0. The molecule has 0 aromatic heterocycles. The molecule has 0 aliphatic heterocycles. The maximum atomic E-state index is 12.8.